The van der Waals surface area contributed by atoms with Crippen LogP contribution in [0.25, 0.3) is 0 Å². The van der Waals surface area contributed by atoms with E-state index in [0.717, 1.165) is 17.4 Å². The number of anilines is 1. The van der Waals surface area contributed by atoms with Crippen LogP contribution in [0.15, 0.2) is 42.5 Å². The minimum atomic E-state index is -3.56. The largest absolute Gasteiger partial charge is 0.355 e. The standard InChI is InChI=1S/C26H36FN3O4S/c1-6-23(26(32)28-7-2)29(18-21-13-15-22(27)16-14-21)25(31)12-9-17-30(35(5,33)34)24-11-8-10-19(3)20(24)4/h8,10-11,13-16,23H,6-7,9,12,17-18H2,1-5H3,(H,28,32)/t23-/m0/s1. The highest BCUT2D eigenvalue weighted by Gasteiger charge is 2.28. The Kier molecular flexibility index (Phi) is 10.2. The number of carbonyl (C=O) groups excluding carboxylic acids is 2. The molecule has 1 N–H and O–H groups in total. The van der Waals surface area contributed by atoms with Crippen molar-refractivity contribution in [2.24, 2.45) is 0 Å². The fraction of sp³-hybridized carbons (Fsp3) is 0.462. The van der Waals surface area contributed by atoms with Gasteiger partial charge in [0, 0.05) is 26.1 Å². The summed E-state index contributed by atoms with van der Waals surface area (Å²) in [5.41, 5.74) is 3.14. The number of aryl methyl sites for hydroxylation is 1. The highest BCUT2D eigenvalue weighted by atomic mass is 32.2. The van der Waals surface area contributed by atoms with Crippen molar-refractivity contribution < 1.29 is 22.4 Å². The van der Waals surface area contributed by atoms with Gasteiger partial charge in [-0.3, -0.25) is 13.9 Å². The lowest BCUT2D eigenvalue weighted by Gasteiger charge is -2.31. The summed E-state index contributed by atoms with van der Waals surface area (Å²) in [6.07, 6.45) is 1.91. The number of halogens is 1. The molecule has 2 aromatic carbocycles. The van der Waals surface area contributed by atoms with Crippen molar-refractivity contribution in [1.82, 2.24) is 10.2 Å². The maximum atomic E-state index is 13.4. The summed E-state index contributed by atoms with van der Waals surface area (Å²) in [6.45, 7) is 8.16. The number of hydrogen-bond donors (Lipinski definition) is 1. The number of rotatable bonds is 12. The number of amides is 2. The summed E-state index contributed by atoms with van der Waals surface area (Å²) in [6, 6.07) is 10.6. The van der Waals surface area contributed by atoms with E-state index >= 15 is 0 Å². The Morgan fingerprint density at radius 2 is 1.71 bits per heavy atom. The molecule has 0 saturated heterocycles. The number of sulfonamides is 1. The zero-order valence-corrected chi connectivity index (χ0v) is 22.0. The third-order valence-electron chi connectivity index (χ3n) is 6.00. The maximum Gasteiger partial charge on any atom is 0.242 e. The van der Waals surface area contributed by atoms with E-state index in [0.29, 0.717) is 24.2 Å². The second kappa shape index (κ2) is 12.7. The molecule has 9 heteroatoms. The first-order valence-electron chi connectivity index (χ1n) is 11.8. The van der Waals surface area contributed by atoms with Gasteiger partial charge in [-0.05, 0) is 68.5 Å². The van der Waals surface area contributed by atoms with Crippen molar-refractivity contribution in [3.05, 3.63) is 65.0 Å². The Hall–Kier alpha value is -2.94. The van der Waals surface area contributed by atoms with Crippen LogP contribution < -0.4 is 9.62 Å². The molecule has 7 nitrogen and oxygen atoms in total. The van der Waals surface area contributed by atoms with Gasteiger partial charge in [-0.2, -0.15) is 0 Å². The van der Waals surface area contributed by atoms with Gasteiger partial charge >= 0.3 is 0 Å². The van der Waals surface area contributed by atoms with Crippen molar-refractivity contribution in [2.75, 3.05) is 23.7 Å². The minimum absolute atomic E-state index is 0.0635. The van der Waals surface area contributed by atoms with E-state index in [4.69, 9.17) is 0 Å². The van der Waals surface area contributed by atoms with Crippen LogP contribution in [0.3, 0.4) is 0 Å². The van der Waals surface area contributed by atoms with Crippen molar-refractivity contribution >= 4 is 27.5 Å². The lowest BCUT2D eigenvalue weighted by Crippen LogP contribution is -2.49. The first-order chi connectivity index (χ1) is 16.5. The van der Waals surface area contributed by atoms with Gasteiger partial charge in [0.2, 0.25) is 21.8 Å². The summed E-state index contributed by atoms with van der Waals surface area (Å²) in [7, 11) is -3.56. The van der Waals surface area contributed by atoms with E-state index in [2.05, 4.69) is 5.32 Å². The van der Waals surface area contributed by atoms with E-state index in [9.17, 15) is 22.4 Å². The average Bonchev–Trinajstić information content (AvgIpc) is 2.79. The summed E-state index contributed by atoms with van der Waals surface area (Å²) in [5.74, 6) is -0.893. The van der Waals surface area contributed by atoms with Crippen LogP contribution in [0.2, 0.25) is 0 Å². The molecule has 0 aliphatic carbocycles. The zero-order chi connectivity index (χ0) is 26.2. The van der Waals surface area contributed by atoms with E-state index in [1.807, 2.05) is 39.8 Å². The van der Waals surface area contributed by atoms with Gasteiger partial charge < -0.3 is 10.2 Å². The number of carbonyl (C=O) groups is 2. The van der Waals surface area contributed by atoms with Crippen LogP contribution in [0.5, 0.6) is 0 Å². The third kappa shape index (κ3) is 7.78. The topological polar surface area (TPSA) is 86.8 Å². The fourth-order valence-corrected chi connectivity index (χ4v) is 5.00. The molecular weight excluding hydrogens is 469 g/mol. The molecule has 0 aromatic heterocycles. The lowest BCUT2D eigenvalue weighted by atomic mass is 10.1. The lowest BCUT2D eigenvalue weighted by molar-refractivity contribution is -0.141. The Morgan fingerprint density at radius 3 is 2.29 bits per heavy atom. The second-order valence-electron chi connectivity index (χ2n) is 8.62. The van der Waals surface area contributed by atoms with E-state index in [1.165, 1.54) is 21.3 Å². The molecule has 1 atom stereocenters. The smallest absolute Gasteiger partial charge is 0.242 e. The molecular formula is C26H36FN3O4S. The molecule has 2 amide bonds. The van der Waals surface area contributed by atoms with Crippen molar-refractivity contribution in [1.29, 1.82) is 0 Å². The molecule has 0 spiro atoms. The van der Waals surface area contributed by atoms with Gasteiger partial charge in [-0.25, -0.2) is 12.8 Å². The molecule has 2 rings (SSSR count). The highest BCUT2D eigenvalue weighted by molar-refractivity contribution is 7.92. The Bertz CT molecular complexity index is 1120. The van der Waals surface area contributed by atoms with Gasteiger partial charge in [0.15, 0.2) is 0 Å². The summed E-state index contributed by atoms with van der Waals surface area (Å²) >= 11 is 0. The van der Waals surface area contributed by atoms with Crippen LogP contribution in [-0.4, -0.2) is 50.5 Å². The molecule has 0 saturated carbocycles. The number of benzene rings is 2. The first kappa shape index (κ1) is 28.3. The Balaban J connectivity index is 2.23. The molecule has 0 fully saturated rings. The van der Waals surface area contributed by atoms with E-state index < -0.39 is 16.1 Å². The van der Waals surface area contributed by atoms with Gasteiger partial charge in [0.25, 0.3) is 0 Å². The molecule has 0 aliphatic rings. The number of nitrogens with one attached hydrogen (secondary N) is 1. The fourth-order valence-electron chi connectivity index (χ4n) is 3.99. The second-order valence-corrected chi connectivity index (χ2v) is 10.5. The number of nitrogens with zero attached hydrogens (tertiary/aromatic N) is 2. The molecule has 0 aliphatic heterocycles. The molecule has 0 heterocycles. The third-order valence-corrected chi connectivity index (χ3v) is 7.18. The molecule has 2 aromatic rings. The predicted molar refractivity (Wildman–Crippen MR) is 137 cm³/mol. The summed E-state index contributed by atoms with van der Waals surface area (Å²) < 4.78 is 39.8. The summed E-state index contributed by atoms with van der Waals surface area (Å²) in [4.78, 5) is 27.5. The molecule has 0 bridgehead atoms. The van der Waals surface area contributed by atoms with Gasteiger partial charge in [-0.1, -0.05) is 31.2 Å². The highest BCUT2D eigenvalue weighted by Crippen LogP contribution is 2.25. The number of likely N-dealkylation sites (N-methyl/N-ethyl adjacent to an activating group) is 1. The van der Waals surface area contributed by atoms with Crippen LogP contribution >= 0.6 is 0 Å². The van der Waals surface area contributed by atoms with Crippen LogP contribution in [-0.2, 0) is 26.2 Å². The number of hydrogen-bond acceptors (Lipinski definition) is 4. The first-order valence-corrected chi connectivity index (χ1v) is 13.7. The molecule has 192 valence electrons. The SMILES string of the molecule is CCNC(=O)[C@H](CC)N(Cc1ccc(F)cc1)C(=O)CCCN(c1cccc(C)c1C)S(C)(=O)=O. The Labute approximate surface area is 208 Å². The van der Waals surface area contributed by atoms with Gasteiger partial charge in [0.05, 0.1) is 11.9 Å². The zero-order valence-electron chi connectivity index (χ0n) is 21.2. The van der Waals surface area contributed by atoms with Gasteiger partial charge in [0.1, 0.15) is 11.9 Å². The summed E-state index contributed by atoms with van der Waals surface area (Å²) in [5, 5.41) is 2.77. The molecule has 35 heavy (non-hydrogen) atoms. The van der Waals surface area contributed by atoms with Crippen LogP contribution in [0, 0.1) is 19.7 Å². The molecule has 0 radical (unpaired) electrons. The van der Waals surface area contributed by atoms with Crippen molar-refractivity contribution in [3.63, 3.8) is 0 Å². The Morgan fingerprint density at radius 1 is 1.06 bits per heavy atom. The molecule has 0 unspecified atom stereocenters. The van der Waals surface area contributed by atoms with Crippen molar-refractivity contribution in [3.8, 4) is 0 Å². The predicted octanol–water partition coefficient (Wildman–Crippen LogP) is 3.93. The monoisotopic (exact) mass is 505 g/mol. The normalized spacial score (nSPS) is 12.2. The van der Waals surface area contributed by atoms with Gasteiger partial charge in [-0.15, -0.1) is 0 Å². The van der Waals surface area contributed by atoms with E-state index in [-0.39, 0.29) is 43.6 Å². The average molecular weight is 506 g/mol. The quantitative estimate of drug-likeness (QED) is 0.474. The minimum Gasteiger partial charge on any atom is -0.355 e. The van der Waals surface area contributed by atoms with E-state index in [1.54, 1.807) is 18.2 Å². The van der Waals surface area contributed by atoms with Crippen molar-refractivity contribution in [2.45, 2.75) is 59.5 Å². The maximum absolute atomic E-state index is 13.4. The van der Waals surface area contributed by atoms with Crippen LogP contribution in [0.4, 0.5) is 10.1 Å². The van der Waals surface area contributed by atoms with Crippen LogP contribution in [0.1, 0.15) is 49.8 Å².